The van der Waals surface area contributed by atoms with Crippen molar-refractivity contribution in [1.29, 1.82) is 0 Å². The number of aliphatic carboxylic acids is 1. The normalized spacial score (nSPS) is 12.6. The number of carbonyl (C=O) groups excluding carboxylic acids is 1. The summed E-state index contributed by atoms with van der Waals surface area (Å²) >= 11 is 0. The van der Waals surface area contributed by atoms with Crippen LogP contribution in [0.15, 0.2) is 53.4 Å². The molecule has 0 unspecified atom stereocenters. The first-order valence-corrected chi connectivity index (χ1v) is 9.37. The zero-order chi connectivity index (χ0) is 20.2. The van der Waals surface area contributed by atoms with Crippen molar-refractivity contribution in [3.63, 3.8) is 0 Å². The molecular formula is C18H17F2NO5S. The maximum atomic E-state index is 12.5. The lowest BCUT2D eigenvalue weighted by atomic mass is 10.0. The molecule has 6 nitrogen and oxygen atoms in total. The third-order valence-electron chi connectivity index (χ3n) is 3.84. The molecule has 9 heteroatoms. The topological polar surface area (TPSA) is 101 Å². The highest BCUT2D eigenvalue weighted by molar-refractivity contribution is 7.91. The summed E-state index contributed by atoms with van der Waals surface area (Å²) in [7, 11) is -4.75. The molecule has 0 radical (unpaired) electrons. The summed E-state index contributed by atoms with van der Waals surface area (Å²) in [6.45, 7) is 1.86. The number of alkyl halides is 2. The molecule has 2 aromatic rings. The fourth-order valence-corrected chi connectivity index (χ4v) is 3.09. The van der Waals surface area contributed by atoms with Gasteiger partial charge in [0.15, 0.2) is 0 Å². The van der Waals surface area contributed by atoms with Gasteiger partial charge in [0.25, 0.3) is 5.91 Å². The van der Waals surface area contributed by atoms with Crippen LogP contribution in [0.1, 0.15) is 33.9 Å². The third kappa shape index (κ3) is 5.10. The van der Waals surface area contributed by atoms with Gasteiger partial charge in [0.1, 0.15) is 0 Å². The number of nitrogens with one attached hydrogen (secondary N) is 1. The number of aryl methyl sites for hydroxylation is 1. The molecule has 0 aliphatic rings. The number of amides is 1. The second-order valence-corrected chi connectivity index (χ2v) is 7.78. The van der Waals surface area contributed by atoms with E-state index in [2.05, 4.69) is 5.32 Å². The van der Waals surface area contributed by atoms with Gasteiger partial charge in [-0.15, -0.1) is 0 Å². The minimum absolute atomic E-state index is 0.0192. The van der Waals surface area contributed by atoms with Crippen LogP contribution in [-0.4, -0.2) is 31.2 Å². The smallest absolute Gasteiger partial charge is 0.341 e. The van der Waals surface area contributed by atoms with E-state index in [4.69, 9.17) is 5.11 Å². The van der Waals surface area contributed by atoms with Gasteiger partial charge >= 0.3 is 11.7 Å². The van der Waals surface area contributed by atoms with Gasteiger partial charge in [-0.3, -0.25) is 9.59 Å². The average molecular weight is 397 g/mol. The molecule has 2 rings (SSSR count). The number of hydrogen-bond acceptors (Lipinski definition) is 4. The Hall–Kier alpha value is -2.81. The molecule has 0 spiro atoms. The molecule has 0 saturated carbocycles. The zero-order valence-corrected chi connectivity index (χ0v) is 15.0. The SMILES string of the molecule is Cc1ccc([C@H](CC(=O)O)NC(=O)c2ccc(S(=O)(=O)C(F)F)cc2)cc1. The Kier molecular flexibility index (Phi) is 6.27. The van der Waals surface area contributed by atoms with E-state index < -0.39 is 38.4 Å². The van der Waals surface area contributed by atoms with E-state index in [1.54, 1.807) is 24.3 Å². The summed E-state index contributed by atoms with van der Waals surface area (Å²) in [4.78, 5) is 22.9. The summed E-state index contributed by atoms with van der Waals surface area (Å²) < 4.78 is 47.9. The molecule has 0 bridgehead atoms. The number of sulfone groups is 1. The number of carbonyl (C=O) groups is 2. The lowest BCUT2D eigenvalue weighted by molar-refractivity contribution is -0.137. The molecule has 1 atom stereocenters. The molecular weight excluding hydrogens is 380 g/mol. The first-order chi connectivity index (χ1) is 12.6. The zero-order valence-electron chi connectivity index (χ0n) is 14.2. The van der Waals surface area contributed by atoms with Gasteiger partial charge in [-0.2, -0.15) is 8.78 Å². The van der Waals surface area contributed by atoms with Crippen molar-refractivity contribution in [3.05, 3.63) is 65.2 Å². The highest BCUT2D eigenvalue weighted by Gasteiger charge is 2.26. The molecule has 0 aromatic heterocycles. The predicted molar refractivity (Wildman–Crippen MR) is 93.3 cm³/mol. The monoisotopic (exact) mass is 397 g/mol. The third-order valence-corrected chi connectivity index (χ3v) is 5.24. The van der Waals surface area contributed by atoms with Gasteiger partial charge < -0.3 is 10.4 Å². The number of rotatable bonds is 7. The molecule has 144 valence electrons. The number of halogens is 2. The first-order valence-electron chi connectivity index (χ1n) is 7.82. The Morgan fingerprint density at radius 3 is 2.07 bits per heavy atom. The van der Waals surface area contributed by atoms with Crippen LogP contribution in [0.5, 0.6) is 0 Å². The van der Waals surface area contributed by atoms with Gasteiger partial charge in [0.2, 0.25) is 9.84 Å². The van der Waals surface area contributed by atoms with E-state index >= 15 is 0 Å². The quantitative estimate of drug-likeness (QED) is 0.748. The maximum absolute atomic E-state index is 12.5. The number of carboxylic acids is 1. The van der Waals surface area contributed by atoms with Crippen LogP contribution in [0, 0.1) is 6.92 Å². The van der Waals surface area contributed by atoms with Crippen molar-refractivity contribution in [2.24, 2.45) is 0 Å². The van der Waals surface area contributed by atoms with Gasteiger partial charge in [-0.25, -0.2) is 8.42 Å². The van der Waals surface area contributed by atoms with Crippen molar-refractivity contribution in [2.45, 2.75) is 30.0 Å². The van der Waals surface area contributed by atoms with Crippen molar-refractivity contribution < 1.29 is 31.9 Å². The summed E-state index contributed by atoms with van der Waals surface area (Å²) in [5.74, 6) is -5.32. The first kappa shape index (κ1) is 20.5. The second kappa shape index (κ2) is 8.26. The highest BCUT2D eigenvalue weighted by atomic mass is 32.2. The van der Waals surface area contributed by atoms with Crippen LogP contribution in [0.3, 0.4) is 0 Å². The minimum Gasteiger partial charge on any atom is -0.481 e. The summed E-state index contributed by atoms with van der Waals surface area (Å²) in [5.41, 5.74) is 1.58. The summed E-state index contributed by atoms with van der Waals surface area (Å²) in [6.07, 6.45) is -0.355. The number of hydrogen-bond donors (Lipinski definition) is 2. The van der Waals surface area contributed by atoms with Crippen LogP contribution < -0.4 is 5.32 Å². The molecule has 0 fully saturated rings. The van der Waals surface area contributed by atoms with E-state index in [1.807, 2.05) is 6.92 Å². The van der Waals surface area contributed by atoms with E-state index in [1.165, 1.54) is 0 Å². The van der Waals surface area contributed by atoms with Crippen LogP contribution in [-0.2, 0) is 14.6 Å². The molecule has 2 N–H and O–H groups in total. The fraction of sp³-hybridized carbons (Fsp3) is 0.222. The molecule has 0 aliphatic carbocycles. The van der Waals surface area contributed by atoms with Crippen LogP contribution in [0.4, 0.5) is 8.78 Å². The highest BCUT2D eigenvalue weighted by Crippen LogP contribution is 2.21. The summed E-state index contributed by atoms with van der Waals surface area (Å²) in [5, 5.41) is 11.6. The Morgan fingerprint density at radius 1 is 1.04 bits per heavy atom. The van der Waals surface area contributed by atoms with Crippen LogP contribution in [0.2, 0.25) is 0 Å². The molecule has 27 heavy (non-hydrogen) atoms. The van der Waals surface area contributed by atoms with Crippen LogP contribution >= 0.6 is 0 Å². The van der Waals surface area contributed by atoms with Crippen molar-refractivity contribution in [2.75, 3.05) is 0 Å². The average Bonchev–Trinajstić information content (AvgIpc) is 2.61. The second-order valence-electron chi connectivity index (χ2n) is 5.86. The fourth-order valence-electron chi connectivity index (χ4n) is 2.37. The molecule has 2 aromatic carbocycles. The van der Waals surface area contributed by atoms with Gasteiger partial charge in [0.05, 0.1) is 17.4 Å². The number of benzene rings is 2. The van der Waals surface area contributed by atoms with E-state index in [9.17, 15) is 26.8 Å². The minimum atomic E-state index is -4.75. The van der Waals surface area contributed by atoms with Crippen molar-refractivity contribution >= 4 is 21.7 Å². The lowest BCUT2D eigenvalue weighted by Crippen LogP contribution is -2.30. The Labute approximate surface area is 154 Å². The maximum Gasteiger partial charge on any atom is 0.341 e. The largest absolute Gasteiger partial charge is 0.481 e. The van der Waals surface area contributed by atoms with Gasteiger partial charge in [-0.05, 0) is 36.8 Å². The predicted octanol–water partition coefficient (Wildman–Crippen LogP) is 2.94. The van der Waals surface area contributed by atoms with Crippen LogP contribution in [0.25, 0.3) is 0 Å². The van der Waals surface area contributed by atoms with E-state index in [-0.39, 0.29) is 12.0 Å². The standard InChI is InChI=1S/C18H17F2NO5S/c1-11-2-4-12(5-3-11)15(10-16(22)23)21-17(24)13-6-8-14(9-7-13)27(25,26)18(19)20/h2-9,15,18H,10H2,1H3,(H,21,24)(H,22,23)/t15-/m0/s1. The van der Waals surface area contributed by atoms with Gasteiger partial charge in [0, 0.05) is 5.56 Å². The van der Waals surface area contributed by atoms with E-state index in [0.29, 0.717) is 5.56 Å². The molecule has 0 saturated heterocycles. The summed E-state index contributed by atoms with van der Waals surface area (Å²) in [6, 6.07) is 10.2. The Balaban J connectivity index is 2.22. The Bertz CT molecular complexity index is 925. The molecule has 0 heterocycles. The lowest BCUT2D eigenvalue weighted by Gasteiger charge is -2.18. The number of carboxylic acid groups (broad SMARTS) is 1. The molecule has 0 aliphatic heterocycles. The van der Waals surface area contributed by atoms with Crippen molar-refractivity contribution in [1.82, 2.24) is 5.32 Å². The molecule has 1 amide bonds. The van der Waals surface area contributed by atoms with Crippen molar-refractivity contribution in [3.8, 4) is 0 Å². The van der Waals surface area contributed by atoms with Gasteiger partial charge in [-0.1, -0.05) is 29.8 Å². The van der Waals surface area contributed by atoms with E-state index in [0.717, 1.165) is 29.8 Å². The Morgan fingerprint density at radius 2 is 1.59 bits per heavy atom.